The summed E-state index contributed by atoms with van der Waals surface area (Å²) in [7, 11) is 0. The van der Waals surface area contributed by atoms with Crippen molar-refractivity contribution in [3.8, 4) is 23.0 Å². The summed E-state index contributed by atoms with van der Waals surface area (Å²) >= 11 is 0. The molecular formula is C27H31F3N4O3. The topological polar surface area (TPSA) is 77.9 Å². The van der Waals surface area contributed by atoms with Crippen LogP contribution in [0.2, 0.25) is 0 Å². The van der Waals surface area contributed by atoms with Crippen LogP contribution >= 0.6 is 0 Å². The van der Waals surface area contributed by atoms with Gasteiger partial charge in [-0.15, -0.1) is 0 Å². The van der Waals surface area contributed by atoms with Gasteiger partial charge in [-0.25, -0.2) is 9.78 Å². The van der Waals surface area contributed by atoms with E-state index >= 15 is 0 Å². The summed E-state index contributed by atoms with van der Waals surface area (Å²) < 4.78 is 43.7. The number of aromatic nitrogens is 1. The quantitative estimate of drug-likeness (QED) is 0.588. The largest absolute Gasteiger partial charge is 0.389 e. The van der Waals surface area contributed by atoms with Crippen LogP contribution in [-0.4, -0.2) is 72.7 Å². The van der Waals surface area contributed by atoms with Crippen LogP contribution in [0.5, 0.6) is 0 Å². The summed E-state index contributed by atoms with van der Waals surface area (Å²) in [6.45, 7) is 6.51. The van der Waals surface area contributed by atoms with Crippen molar-refractivity contribution in [3.63, 3.8) is 0 Å². The van der Waals surface area contributed by atoms with Crippen molar-refractivity contribution in [2.24, 2.45) is 5.92 Å². The fourth-order valence-corrected chi connectivity index (χ4v) is 4.59. The molecule has 1 aromatic carbocycles. The van der Waals surface area contributed by atoms with Crippen LogP contribution in [0.25, 0.3) is 11.1 Å². The smallest absolute Gasteiger partial charge is 0.381 e. The van der Waals surface area contributed by atoms with Crippen molar-refractivity contribution in [2.75, 3.05) is 49.6 Å². The first-order valence-electron chi connectivity index (χ1n) is 12.4. The van der Waals surface area contributed by atoms with Crippen molar-refractivity contribution >= 4 is 17.5 Å². The second kappa shape index (κ2) is 11.4. The van der Waals surface area contributed by atoms with Gasteiger partial charge in [-0.05, 0) is 73.1 Å². The molecule has 0 radical (unpaired) electrons. The van der Waals surface area contributed by atoms with Crippen molar-refractivity contribution in [3.05, 3.63) is 41.6 Å². The number of carbonyl (C=O) groups is 1. The number of urea groups is 1. The van der Waals surface area contributed by atoms with Gasteiger partial charge in [0, 0.05) is 38.3 Å². The number of amides is 2. The molecule has 3 heterocycles. The lowest BCUT2D eigenvalue weighted by atomic mass is 9.99. The van der Waals surface area contributed by atoms with Crippen LogP contribution in [0.15, 0.2) is 30.3 Å². The fraction of sp³-hybridized carbons (Fsp3) is 0.481. The highest BCUT2D eigenvalue weighted by molar-refractivity contribution is 5.90. The molecular weight excluding hydrogens is 485 g/mol. The third-order valence-electron chi connectivity index (χ3n) is 6.45. The van der Waals surface area contributed by atoms with E-state index in [4.69, 9.17) is 4.74 Å². The first-order chi connectivity index (χ1) is 17.6. The molecule has 10 heteroatoms. The zero-order chi connectivity index (χ0) is 26.6. The Morgan fingerprint density at radius 3 is 2.70 bits per heavy atom. The second-order valence-corrected chi connectivity index (χ2v) is 9.52. The Morgan fingerprint density at radius 2 is 2.00 bits per heavy atom. The number of nitrogens with zero attached hydrogens (tertiary/aromatic N) is 3. The van der Waals surface area contributed by atoms with Crippen molar-refractivity contribution in [1.82, 2.24) is 9.88 Å². The Balaban J connectivity index is 1.57. The normalized spacial score (nSPS) is 18.8. The first kappa shape index (κ1) is 26.8. The van der Waals surface area contributed by atoms with E-state index in [1.165, 1.54) is 4.90 Å². The Hall–Kier alpha value is -3.29. The molecule has 4 rings (SSSR count). The highest BCUT2D eigenvalue weighted by Crippen LogP contribution is 2.32. The van der Waals surface area contributed by atoms with Gasteiger partial charge in [0.1, 0.15) is 17.6 Å². The summed E-state index contributed by atoms with van der Waals surface area (Å²) in [6, 6.07) is 8.91. The fourth-order valence-electron chi connectivity index (χ4n) is 4.59. The predicted octanol–water partition coefficient (Wildman–Crippen LogP) is 4.43. The molecule has 7 nitrogen and oxygen atoms in total. The number of rotatable bonds is 4. The summed E-state index contributed by atoms with van der Waals surface area (Å²) in [6.07, 6.45) is -5.56. The Kier molecular flexibility index (Phi) is 8.25. The minimum Gasteiger partial charge on any atom is -0.381 e. The zero-order valence-electron chi connectivity index (χ0n) is 20.9. The van der Waals surface area contributed by atoms with Crippen molar-refractivity contribution in [2.45, 2.75) is 39.0 Å². The summed E-state index contributed by atoms with van der Waals surface area (Å²) in [5.74, 6) is 5.84. The number of hydrogen-bond donors (Lipinski definition) is 2. The molecule has 2 atom stereocenters. The van der Waals surface area contributed by atoms with Crippen LogP contribution in [0, 0.1) is 24.7 Å². The molecule has 0 saturated carbocycles. The molecule has 0 aliphatic carbocycles. The Morgan fingerprint density at radius 1 is 1.24 bits per heavy atom. The van der Waals surface area contributed by atoms with Crippen molar-refractivity contribution < 1.29 is 27.8 Å². The van der Waals surface area contributed by atoms with E-state index in [-0.39, 0.29) is 6.54 Å². The number of halogens is 3. The molecule has 0 spiro atoms. The van der Waals surface area contributed by atoms with Gasteiger partial charge in [-0.1, -0.05) is 12.0 Å². The number of anilines is 2. The van der Waals surface area contributed by atoms with Crippen molar-refractivity contribution in [1.29, 1.82) is 0 Å². The van der Waals surface area contributed by atoms with E-state index in [0.29, 0.717) is 50.7 Å². The molecule has 2 aliphatic rings. The zero-order valence-corrected chi connectivity index (χ0v) is 20.9. The van der Waals surface area contributed by atoms with E-state index in [9.17, 15) is 23.1 Å². The molecule has 37 heavy (non-hydrogen) atoms. The first-order valence-corrected chi connectivity index (χ1v) is 12.4. The van der Waals surface area contributed by atoms with Crippen LogP contribution in [0.1, 0.15) is 31.0 Å². The maximum absolute atomic E-state index is 12.8. The van der Waals surface area contributed by atoms with E-state index in [0.717, 1.165) is 22.5 Å². The van der Waals surface area contributed by atoms with Gasteiger partial charge in [-0.3, -0.25) is 0 Å². The molecule has 2 N–H and O–H groups in total. The number of hydrogen-bond acceptors (Lipinski definition) is 5. The molecule has 0 bridgehead atoms. The SMILES string of the molecule is Cc1ccc(NC(=O)N2CC[C@@H](CC(F)(F)F)C2)cc1-c1cc(C#C[C@@H](C)O)nc(N2CCOCC2)c1. The molecule has 2 aliphatic heterocycles. The minimum atomic E-state index is -4.23. The Bertz CT molecular complexity index is 1180. The number of ether oxygens (including phenoxy) is 1. The molecule has 0 unspecified atom stereocenters. The van der Waals surface area contributed by atoms with E-state index in [2.05, 4.69) is 27.0 Å². The number of pyridine rings is 1. The lowest BCUT2D eigenvalue weighted by molar-refractivity contribution is -0.143. The summed E-state index contributed by atoms with van der Waals surface area (Å²) in [5, 5.41) is 12.5. The maximum Gasteiger partial charge on any atom is 0.389 e. The van der Waals surface area contributed by atoms with Gasteiger partial charge in [0.2, 0.25) is 0 Å². The second-order valence-electron chi connectivity index (χ2n) is 9.52. The lowest BCUT2D eigenvalue weighted by Crippen LogP contribution is -2.36. The highest BCUT2D eigenvalue weighted by Gasteiger charge is 2.36. The monoisotopic (exact) mass is 516 g/mol. The molecule has 2 amide bonds. The third-order valence-corrected chi connectivity index (χ3v) is 6.45. The number of morpholine rings is 1. The number of aryl methyl sites for hydroxylation is 1. The molecule has 1 aromatic heterocycles. The minimum absolute atomic E-state index is 0.0859. The number of likely N-dealkylation sites (tertiary alicyclic amines) is 1. The Labute approximate surface area is 214 Å². The molecule has 2 saturated heterocycles. The van der Waals surface area contributed by atoms with E-state index < -0.39 is 30.7 Å². The van der Waals surface area contributed by atoms with Gasteiger partial charge < -0.3 is 25.0 Å². The van der Waals surface area contributed by atoms with Gasteiger partial charge in [0.15, 0.2) is 0 Å². The van der Waals surface area contributed by atoms with Crippen LogP contribution in [0.3, 0.4) is 0 Å². The third kappa shape index (κ3) is 7.37. The standard InChI is InChI=1S/C27H31F3N4O3/c1-18-3-5-23(32-26(36)34-8-7-20(17-34)16-27(28,29)30)15-24(18)21-13-22(6-4-19(2)35)31-25(14-21)33-9-11-37-12-10-33/h3,5,13-15,19-20,35H,7-12,16-17H2,1-2H3,(H,32,36)/t19-,20+/m1/s1. The summed E-state index contributed by atoms with van der Waals surface area (Å²) in [4.78, 5) is 21.0. The molecule has 2 aromatic rings. The maximum atomic E-state index is 12.8. The average Bonchev–Trinajstić information content (AvgIpc) is 3.31. The van der Waals surface area contributed by atoms with Crippen LogP contribution in [0.4, 0.5) is 29.5 Å². The van der Waals surface area contributed by atoms with E-state index in [1.807, 2.05) is 31.2 Å². The van der Waals surface area contributed by atoms with Gasteiger partial charge in [0.05, 0.1) is 13.2 Å². The predicted molar refractivity (Wildman–Crippen MR) is 135 cm³/mol. The summed E-state index contributed by atoms with van der Waals surface area (Å²) in [5.41, 5.74) is 3.75. The van der Waals surface area contributed by atoms with Crippen LogP contribution in [-0.2, 0) is 4.74 Å². The average molecular weight is 517 g/mol. The highest BCUT2D eigenvalue weighted by atomic mass is 19.4. The number of aliphatic hydroxyl groups excluding tert-OH is 1. The number of aliphatic hydroxyl groups is 1. The van der Waals surface area contributed by atoms with Gasteiger partial charge in [-0.2, -0.15) is 13.2 Å². The molecule has 2 fully saturated rings. The molecule has 198 valence electrons. The number of carbonyl (C=O) groups excluding carboxylic acids is 1. The van der Waals surface area contributed by atoms with Crippen LogP contribution < -0.4 is 10.2 Å². The van der Waals surface area contributed by atoms with E-state index in [1.54, 1.807) is 13.0 Å². The lowest BCUT2D eigenvalue weighted by Gasteiger charge is -2.28. The number of nitrogens with one attached hydrogen (secondary N) is 1. The van der Waals surface area contributed by atoms with Gasteiger partial charge in [0.25, 0.3) is 0 Å². The number of benzene rings is 1. The van der Waals surface area contributed by atoms with Gasteiger partial charge >= 0.3 is 12.2 Å². The number of alkyl halides is 3.